The topological polar surface area (TPSA) is 81.9 Å². The standard InChI is InChI=1S/C20H21F2N5O3/c1-29-14-4-6-15(7-5-14)30-11-18(28)26-8-2-3-13(10-26)16-9-17(19(21)22)27-20(25-16)23-12-24-27/h4-7,9,12-13,19H,2-3,8,10-11H2,1H3/t13-/m1/s1. The van der Waals surface area contributed by atoms with Crippen LogP contribution in [0.4, 0.5) is 8.78 Å². The number of ether oxygens (including phenoxy) is 2. The number of fused-ring (bicyclic) bond motifs is 1. The van der Waals surface area contributed by atoms with Crippen LogP contribution in [0, 0.1) is 0 Å². The number of rotatable bonds is 6. The van der Waals surface area contributed by atoms with E-state index in [9.17, 15) is 13.6 Å². The Bertz CT molecular complexity index is 1020. The molecule has 3 aromatic rings. The smallest absolute Gasteiger partial charge is 0.280 e. The average Bonchev–Trinajstić information content (AvgIpc) is 3.25. The van der Waals surface area contributed by atoms with E-state index in [0.717, 1.165) is 17.4 Å². The lowest BCUT2D eigenvalue weighted by atomic mass is 9.94. The number of nitrogens with zero attached hydrogens (tertiary/aromatic N) is 5. The molecule has 1 atom stereocenters. The molecule has 1 aliphatic rings. The molecule has 0 radical (unpaired) electrons. The van der Waals surface area contributed by atoms with Crippen molar-refractivity contribution in [2.24, 2.45) is 0 Å². The zero-order valence-electron chi connectivity index (χ0n) is 16.4. The molecule has 1 saturated heterocycles. The lowest BCUT2D eigenvalue weighted by Gasteiger charge is -2.32. The average molecular weight is 417 g/mol. The molecular weight excluding hydrogens is 396 g/mol. The minimum absolute atomic E-state index is 0.0992. The lowest BCUT2D eigenvalue weighted by Crippen LogP contribution is -2.41. The number of methoxy groups -OCH3 is 1. The fourth-order valence-electron chi connectivity index (χ4n) is 3.57. The monoisotopic (exact) mass is 417 g/mol. The summed E-state index contributed by atoms with van der Waals surface area (Å²) < 4.78 is 38.6. The van der Waals surface area contributed by atoms with E-state index in [0.29, 0.717) is 30.3 Å². The van der Waals surface area contributed by atoms with Crippen molar-refractivity contribution >= 4 is 11.7 Å². The number of piperidine rings is 1. The van der Waals surface area contributed by atoms with Crippen LogP contribution >= 0.6 is 0 Å². The fourth-order valence-corrected chi connectivity index (χ4v) is 3.57. The molecule has 0 unspecified atom stereocenters. The zero-order valence-corrected chi connectivity index (χ0v) is 16.4. The fraction of sp³-hybridized carbons (Fsp3) is 0.400. The van der Waals surface area contributed by atoms with E-state index in [1.54, 1.807) is 36.3 Å². The summed E-state index contributed by atoms with van der Waals surface area (Å²) in [6.07, 6.45) is 0.00626. The molecule has 1 aliphatic heterocycles. The number of alkyl halides is 2. The van der Waals surface area contributed by atoms with Crippen LogP contribution in [0.3, 0.4) is 0 Å². The van der Waals surface area contributed by atoms with Gasteiger partial charge in [-0.3, -0.25) is 4.79 Å². The van der Waals surface area contributed by atoms with E-state index >= 15 is 0 Å². The summed E-state index contributed by atoms with van der Waals surface area (Å²) in [6, 6.07) is 8.33. The van der Waals surface area contributed by atoms with Gasteiger partial charge in [-0.25, -0.2) is 13.8 Å². The van der Waals surface area contributed by atoms with Crippen LogP contribution in [0.25, 0.3) is 5.78 Å². The summed E-state index contributed by atoms with van der Waals surface area (Å²) in [5, 5.41) is 3.81. The summed E-state index contributed by atoms with van der Waals surface area (Å²) >= 11 is 0. The van der Waals surface area contributed by atoms with Crippen molar-refractivity contribution in [3.8, 4) is 11.5 Å². The van der Waals surface area contributed by atoms with Gasteiger partial charge in [0.2, 0.25) is 0 Å². The summed E-state index contributed by atoms with van der Waals surface area (Å²) in [6.45, 7) is 0.888. The van der Waals surface area contributed by atoms with E-state index in [4.69, 9.17) is 9.47 Å². The molecule has 1 amide bonds. The van der Waals surface area contributed by atoms with E-state index in [-0.39, 0.29) is 29.9 Å². The molecule has 0 aliphatic carbocycles. The molecule has 0 spiro atoms. The predicted octanol–water partition coefficient (Wildman–Crippen LogP) is 2.86. The number of hydrogen-bond donors (Lipinski definition) is 0. The van der Waals surface area contributed by atoms with Gasteiger partial charge < -0.3 is 14.4 Å². The number of benzene rings is 1. The molecule has 2 aromatic heterocycles. The molecule has 1 aromatic carbocycles. The maximum atomic E-state index is 13.4. The molecule has 158 valence electrons. The predicted molar refractivity (Wildman–Crippen MR) is 103 cm³/mol. The molecule has 0 N–H and O–H groups in total. The minimum Gasteiger partial charge on any atom is -0.497 e. The Balaban J connectivity index is 1.43. The van der Waals surface area contributed by atoms with E-state index in [1.807, 2.05) is 0 Å². The Labute approximate surface area is 171 Å². The largest absolute Gasteiger partial charge is 0.497 e. The quantitative estimate of drug-likeness (QED) is 0.614. The highest BCUT2D eigenvalue weighted by Crippen LogP contribution is 2.29. The van der Waals surface area contributed by atoms with Crippen molar-refractivity contribution in [3.63, 3.8) is 0 Å². The van der Waals surface area contributed by atoms with Crippen LogP contribution < -0.4 is 9.47 Å². The van der Waals surface area contributed by atoms with Crippen molar-refractivity contribution in [1.29, 1.82) is 0 Å². The van der Waals surface area contributed by atoms with Crippen molar-refractivity contribution < 1.29 is 23.0 Å². The first kappa shape index (κ1) is 20.0. The Morgan fingerprint density at radius 2 is 2.03 bits per heavy atom. The van der Waals surface area contributed by atoms with E-state index < -0.39 is 6.43 Å². The third-order valence-corrected chi connectivity index (χ3v) is 5.14. The lowest BCUT2D eigenvalue weighted by molar-refractivity contribution is -0.134. The van der Waals surface area contributed by atoms with Crippen molar-refractivity contribution in [2.45, 2.75) is 25.2 Å². The van der Waals surface area contributed by atoms with Gasteiger partial charge in [0.05, 0.1) is 12.8 Å². The molecule has 0 saturated carbocycles. The van der Waals surface area contributed by atoms with Gasteiger partial charge in [-0.15, -0.1) is 0 Å². The summed E-state index contributed by atoms with van der Waals surface area (Å²) in [5.74, 6) is 1.09. The number of carbonyl (C=O) groups excluding carboxylic acids is 1. The van der Waals surface area contributed by atoms with Crippen LogP contribution in [0.5, 0.6) is 11.5 Å². The molecule has 3 heterocycles. The van der Waals surface area contributed by atoms with Gasteiger partial charge in [0.15, 0.2) is 6.61 Å². The summed E-state index contributed by atoms with van der Waals surface area (Å²) in [5.41, 5.74) is 0.248. The zero-order chi connectivity index (χ0) is 21.1. The normalized spacial score (nSPS) is 16.8. The Morgan fingerprint density at radius 3 is 2.77 bits per heavy atom. The molecule has 1 fully saturated rings. The van der Waals surface area contributed by atoms with Gasteiger partial charge in [0, 0.05) is 19.0 Å². The third kappa shape index (κ3) is 4.17. The van der Waals surface area contributed by atoms with Gasteiger partial charge in [0.1, 0.15) is 23.5 Å². The second kappa shape index (κ2) is 8.60. The number of carbonyl (C=O) groups is 1. The second-order valence-electron chi connectivity index (χ2n) is 7.02. The maximum Gasteiger partial charge on any atom is 0.280 e. The Morgan fingerprint density at radius 1 is 1.27 bits per heavy atom. The molecule has 10 heteroatoms. The van der Waals surface area contributed by atoms with Crippen LogP contribution in [-0.4, -0.2) is 57.2 Å². The first-order valence-electron chi connectivity index (χ1n) is 9.58. The van der Waals surface area contributed by atoms with Crippen LogP contribution in [0.15, 0.2) is 36.7 Å². The number of amides is 1. The Kier molecular flexibility index (Phi) is 5.73. The highest BCUT2D eigenvalue weighted by atomic mass is 19.3. The number of hydrogen-bond acceptors (Lipinski definition) is 6. The van der Waals surface area contributed by atoms with Crippen LogP contribution in [0.1, 0.15) is 36.6 Å². The van der Waals surface area contributed by atoms with Crippen molar-refractivity contribution in [1.82, 2.24) is 24.5 Å². The summed E-state index contributed by atoms with van der Waals surface area (Å²) in [4.78, 5) is 22.6. The Hall–Kier alpha value is -3.30. The van der Waals surface area contributed by atoms with Gasteiger partial charge in [0.25, 0.3) is 18.1 Å². The van der Waals surface area contributed by atoms with E-state index in [2.05, 4.69) is 15.1 Å². The first-order chi connectivity index (χ1) is 14.5. The third-order valence-electron chi connectivity index (χ3n) is 5.14. The first-order valence-corrected chi connectivity index (χ1v) is 9.58. The highest BCUT2D eigenvalue weighted by Gasteiger charge is 2.28. The van der Waals surface area contributed by atoms with Crippen LogP contribution in [0.2, 0.25) is 0 Å². The van der Waals surface area contributed by atoms with Gasteiger partial charge in [-0.2, -0.15) is 14.6 Å². The summed E-state index contributed by atoms with van der Waals surface area (Å²) in [7, 11) is 1.58. The molecular formula is C20H21F2N5O3. The van der Waals surface area contributed by atoms with Gasteiger partial charge in [-0.05, 0) is 43.2 Å². The SMILES string of the molecule is COc1ccc(OCC(=O)N2CCC[C@@H](c3cc(C(F)F)n4ncnc4n3)C2)cc1. The molecule has 4 rings (SSSR count). The minimum atomic E-state index is -2.70. The number of halogens is 2. The maximum absolute atomic E-state index is 13.4. The molecule has 0 bridgehead atoms. The second-order valence-corrected chi connectivity index (χ2v) is 7.02. The van der Waals surface area contributed by atoms with E-state index in [1.165, 1.54) is 12.4 Å². The number of aromatic nitrogens is 4. The van der Waals surface area contributed by atoms with Crippen LogP contribution in [-0.2, 0) is 4.79 Å². The molecule has 30 heavy (non-hydrogen) atoms. The highest BCUT2D eigenvalue weighted by molar-refractivity contribution is 5.78. The van der Waals surface area contributed by atoms with Crippen molar-refractivity contribution in [2.75, 3.05) is 26.8 Å². The molecule has 8 nitrogen and oxygen atoms in total. The number of likely N-dealkylation sites (tertiary alicyclic amines) is 1. The van der Waals surface area contributed by atoms with Gasteiger partial charge >= 0.3 is 0 Å². The van der Waals surface area contributed by atoms with Crippen molar-refractivity contribution in [3.05, 3.63) is 48.0 Å². The van der Waals surface area contributed by atoms with Gasteiger partial charge in [-0.1, -0.05) is 0 Å².